The molecule has 0 N–H and O–H groups in total. The molecule has 3 nitrogen and oxygen atoms in total. The first-order chi connectivity index (χ1) is 15.1. The molecule has 0 spiro atoms. The monoisotopic (exact) mass is 458 g/mol. The number of hydrogen-bond donors (Lipinski definition) is 0. The number of hydrogen-bond acceptors (Lipinski definition) is 3. The Kier molecular flexibility index (Phi) is 7.00. The maximum Gasteiger partial charge on any atom is 0.461 e. The molecule has 3 aromatic rings. The molecule has 3 rings (SSSR count). The molecule has 0 aliphatic heterocycles. The first-order valence-corrected chi connectivity index (χ1v) is 9.57. The molecule has 0 aliphatic carbocycles. The van der Waals surface area contributed by atoms with Gasteiger partial charge in [-0.3, -0.25) is 0 Å². The van der Waals surface area contributed by atoms with Crippen molar-refractivity contribution in [3.63, 3.8) is 0 Å². The lowest BCUT2D eigenvalue weighted by Gasteiger charge is -2.17. The van der Waals surface area contributed by atoms with Crippen LogP contribution in [0.4, 0.5) is 30.7 Å². The number of ether oxygens (including phenoxy) is 1. The Balaban J connectivity index is 1.84. The Morgan fingerprint density at radius 1 is 0.906 bits per heavy atom. The molecule has 0 amide bonds. The van der Waals surface area contributed by atoms with Crippen LogP contribution in [0.15, 0.2) is 42.7 Å². The number of aromatic nitrogens is 2. The maximum atomic E-state index is 14.5. The molecule has 1 heterocycles. The van der Waals surface area contributed by atoms with Gasteiger partial charge in [0.15, 0.2) is 17.4 Å². The second kappa shape index (κ2) is 9.54. The summed E-state index contributed by atoms with van der Waals surface area (Å²) in [4.78, 5) is 7.87. The Morgan fingerprint density at radius 3 is 2.06 bits per heavy atom. The zero-order valence-corrected chi connectivity index (χ0v) is 16.7. The highest BCUT2D eigenvalue weighted by Crippen LogP contribution is 2.32. The molecule has 0 saturated heterocycles. The van der Waals surface area contributed by atoms with Crippen LogP contribution in [0.3, 0.4) is 0 Å². The lowest BCUT2D eigenvalue weighted by Crippen LogP contribution is -2.33. The van der Waals surface area contributed by atoms with Crippen molar-refractivity contribution in [1.82, 2.24) is 9.97 Å². The SMILES string of the molecule is CCCCc1cc(F)c(-c2cnc(-c3ccc(OC(F)(F)C(F)F)c(F)c3)nc2)c(F)c1. The van der Waals surface area contributed by atoms with Crippen molar-refractivity contribution in [3.8, 4) is 28.3 Å². The highest BCUT2D eigenvalue weighted by atomic mass is 19.3. The fourth-order valence-corrected chi connectivity index (χ4v) is 2.95. The van der Waals surface area contributed by atoms with Crippen LogP contribution in [-0.4, -0.2) is 22.5 Å². The summed E-state index contributed by atoms with van der Waals surface area (Å²) in [6.07, 6.45) is -4.54. The largest absolute Gasteiger partial charge is 0.461 e. The second-order valence-electron chi connectivity index (χ2n) is 6.94. The second-order valence-corrected chi connectivity index (χ2v) is 6.94. The predicted octanol–water partition coefficient (Wildman–Crippen LogP) is 6.81. The van der Waals surface area contributed by atoms with Gasteiger partial charge in [0.25, 0.3) is 0 Å². The molecular formula is C22H17F7N2O. The van der Waals surface area contributed by atoms with E-state index in [0.29, 0.717) is 12.0 Å². The van der Waals surface area contributed by atoms with Crippen LogP contribution in [-0.2, 0) is 6.42 Å². The third-order valence-electron chi connectivity index (χ3n) is 4.55. The van der Waals surface area contributed by atoms with E-state index < -0.39 is 35.7 Å². The van der Waals surface area contributed by atoms with E-state index in [4.69, 9.17) is 0 Å². The van der Waals surface area contributed by atoms with Gasteiger partial charge in [-0.25, -0.2) is 23.1 Å². The topological polar surface area (TPSA) is 35.0 Å². The van der Waals surface area contributed by atoms with Gasteiger partial charge in [0.2, 0.25) is 0 Å². The van der Waals surface area contributed by atoms with E-state index >= 15 is 0 Å². The fraction of sp³-hybridized carbons (Fsp3) is 0.273. The molecule has 32 heavy (non-hydrogen) atoms. The minimum atomic E-state index is -4.86. The van der Waals surface area contributed by atoms with E-state index in [1.165, 1.54) is 12.1 Å². The zero-order chi connectivity index (χ0) is 23.5. The summed E-state index contributed by atoms with van der Waals surface area (Å²) in [5.74, 6) is -4.06. The van der Waals surface area contributed by atoms with Crippen molar-refractivity contribution >= 4 is 0 Å². The van der Waals surface area contributed by atoms with Crippen molar-refractivity contribution in [2.75, 3.05) is 0 Å². The summed E-state index contributed by atoms with van der Waals surface area (Å²) in [6, 6.07) is 5.01. The van der Waals surface area contributed by atoms with E-state index in [9.17, 15) is 30.7 Å². The molecule has 0 saturated carbocycles. The first kappa shape index (κ1) is 23.5. The molecule has 0 aliphatic rings. The number of aryl methyl sites for hydroxylation is 1. The van der Waals surface area contributed by atoms with Gasteiger partial charge in [-0.2, -0.15) is 17.6 Å². The molecule has 0 bridgehead atoms. The van der Waals surface area contributed by atoms with Gasteiger partial charge < -0.3 is 4.74 Å². The van der Waals surface area contributed by atoms with Gasteiger partial charge in [0.1, 0.15) is 11.6 Å². The number of alkyl halides is 4. The zero-order valence-electron chi connectivity index (χ0n) is 16.7. The minimum Gasteiger partial charge on any atom is -0.425 e. The molecule has 0 atom stereocenters. The van der Waals surface area contributed by atoms with Crippen molar-refractivity contribution < 1.29 is 35.5 Å². The van der Waals surface area contributed by atoms with E-state index in [1.807, 2.05) is 6.92 Å². The van der Waals surface area contributed by atoms with Crippen LogP contribution in [0, 0.1) is 17.5 Å². The lowest BCUT2D eigenvalue weighted by molar-refractivity contribution is -0.254. The van der Waals surface area contributed by atoms with Crippen molar-refractivity contribution in [3.05, 3.63) is 65.7 Å². The molecule has 0 radical (unpaired) electrons. The number of rotatable bonds is 8. The number of unbranched alkanes of at least 4 members (excludes halogenated alkanes) is 1. The normalized spacial score (nSPS) is 11.8. The number of nitrogens with zero attached hydrogens (tertiary/aromatic N) is 2. The van der Waals surface area contributed by atoms with Crippen LogP contribution >= 0.6 is 0 Å². The van der Waals surface area contributed by atoms with Crippen LogP contribution < -0.4 is 4.74 Å². The number of benzene rings is 2. The summed E-state index contributed by atoms with van der Waals surface area (Å²) in [5, 5.41) is 0. The van der Waals surface area contributed by atoms with Gasteiger partial charge in [0, 0.05) is 23.5 Å². The third-order valence-corrected chi connectivity index (χ3v) is 4.55. The summed E-state index contributed by atoms with van der Waals surface area (Å²) >= 11 is 0. The molecule has 0 unspecified atom stereocenters. The van der Waals surface area contributed by atoms with Crippen LogP contribution in [0.2, 0.25) is 0 Å². The molecule has 10 heteroatoms. The van der Waals surface area contributed by atoms with Gasteiger partial charge >= 0.3 is 12.5 Å². The minimum absolute atomic E-state index is 0.0117. The first-order valence-electron chi connectivity index (χ1n) is 9.57. The maximum absolute atomic E-state index is 14.5. The van der Waals surface area contributed by atoms with Crippen molar-refractivity contribution in [2.45, 2.75) is 38.7 Å². The summed E-state index contributed by atoms with van der Waals surface area (Å²) in [7, 11) is 0. The van der Waals surface area contributed by atoms with Gasteiger partial charge in [0.05, 0.1) is 5.56 Å². The molecule has 0 fully saturated rings. The highest BCUT2D eigenvalue weighted by Gasteiger charge is 2.44. The molecule has 2 aromatic carbocycles. The lowest BCUT2D eigenvalue weighted by atomic mass is 10.0. The van der Waals surface area contributed by atoms with E-state index in [-0.39, 0.29) is 22.5 Å². The fourth-order valence-electron chi connectivity index (χ4n) is 2.95. The van der Waals surface area contributed by atoms with Crippen molar-refractivity contribution in [2.24, 2.45) is 0 Å². The Hall–Kier alpha value is -3.17. The van der Waals surface area contributed by atoms with E-state index in [1.54, 1.807) is 0 Å². The Morgan fingerprint density at radius 2 is 1.53 bits per heavy atom. The molecule has 170 valence electrons. The average molecular weight is 458 g/mol. The summed E-state index contributed by atoms with van der Waals surface area (Å²) in [5.41, 5.74) is 0.264. The summed E-state index contributed by atoms with van der Waals surface area (Å²) in [6.45, 7) is 1.96. The van der Waals surface area contributed by atoms with Gasteiger partial charge in [-0.1, -0.05) is 13.3 Å². The standard InChI is InChI=1S/C22H17F7N2O/c1-2-3-4-12-7-16(24)19(17(25)8-12)14-10-30-20(31-11-14)13-5-6-18(15(23)9-13)32-22(28,29)21(26)27/h5-11,21H,2-4H2,1H3. The smallest absolute Gasteiger partial charge is 0.425 e. The van der Waals surface area contributed by atoms with E-state index in [0.717, 1.165) is 43.4 Å². The summed E-state index contributed by atoms with van der Waals surface area (Å²) < 4.78 is 97.1. The predicted molar refractivity (Wildman–Crippen MR) is 103 cm³/mol. The van der Waals surface area contributed by atoms with Gasteiger partial charge in [-0.05, 0) is 48.7 Å². The van der Waals surface area contributed by atoms with Gasteiger partial charge in [-0.15, -0.1) is 0 Å². The molecular weight excluding hydrogens is 441 g/mol. The van der Waals surface area contributed by atoms with Crippen molar-refractivity contribution in [1.29, 1.82) is 0 Å². The van der Waals surface area contributed by atoms with Crippen LogP contribution in [0.5, 0.6) is 5.75 Å². The van der Waals surface area contributed by atoms with Crippen LogP contribution in [0.1, 0.15) is 25.3 Å². The average Bonchev–Trinajstić information content (AvgIpc) is 2.73. The third kappa shape index (κ3) is 5.17. The highest BCUT2D eigenvalue weighted by molar-refractivity contribution is 5.65. The Bertz CT molecular complexity index is 1070. The van der Waals surface area contributed by atoms with Crippen LogP contribution in [0.25, 0.3) is 22.5 Å². The number of halogens is 7. The Labute approximate surface area is 178 Å². The molecule has 1 aromatic heterocycles. The quantitative estimate of drug-likeness (QED) is 0.348. The van der Waals surface area contributed by atoms with E-state index in [2.05, 4.69) is 14.7 Å².